The quantitative estimate of drug-likeness (QED) is 0.654. The Morgan fingerprint density at radius 3 is 2.50 bits per heavy atom. The van der Waals surface area contributed by atoms with Crippen LogP contribution in [0.5, 0.6) is 0 Å². The molecule has 2 fully saturated rings. The molecule has 3 aromatic rings. The van der Waals surface area contributed by atoms with E-state index in [1.54, 1.807) is 10.8 Å². The SMILES string of the molecule is CN1CCN(C(=O)c2ccc(Nc3ncc4[nH]c(=O)n(C5CCCCC5)c4n3)cc2)CC1. The number of H-pyrrole nitrogens is 1. The first-order valence-electron chi connectivity index (χ1n) is 11.4. The Balaban J connectivity index is 1.33. The summed E-state index contributed by atoms with van der Waals surface area (Å²) >= 11 is 0. The number of fused-ring (bicyclic) bond motifs is 1. The van der Waals surface area contributed by atoms with Crippen molar-refractivity contribution in [2.24, 2.45) is 0 Å². The lowest BCUT2D eigenvalue weighted by Gasteiger charge is -2.32. The summed E-state index contributed by atoms with van der Waals surface area (Å²) in [4.78, 5) is 41.3. The normalized spacial score (nSPS) is 18.2. The third-order valence-electron chi connectivity index (χ3n) is 6.58. The molecular weight excluding hydrogens is 406 g/mol. The number of likely N-dealkylation sites (N-methyl/N-ethyl adjacent to an activating group) is 1. The van der Waals surface area contributed by atoms with Gasteiger partial charge < -0.3 is 20.1 Å². The highest BCUT2D eigenvalue weighted by Crippen LogP contribution is 2.29. The maximum Gasteiger partial charge on any atom is 0.327 e. The van der Waals surface area contributed by atoms with E-state index in [4.69, 9.17) is 0 Å². The van der Waals surface area contributed by atoms with Crippen LogP contribution >= 0.6 is 0 Å². The maximum atomic E-state index is 12.7. The molecule has 1 aliphatic heterocycles. The van der Waals surface area contributed by atoms with Crippen LogP contribution in [-0.2, 0) is 0 Å². The number of nitrogens with one attached hydrogen (secondary N) is 2. The Bertz CT molecular complexity index is 1150. The number of benzene rings is 1. The summed E-state index contributed by atoms with van der Waals surface area (Å²) < 4.78 is 1.79. The Morgan fingerprint density at radius 1 is 1.06 bits per heavy atom. The van der Waals surface area contributed by atoms with Crippen molar-refractivity contribution in [3.63, 3.8) is 0 Å². The molecule has 1 amide bonds. The molecule has 1 saturated carbocycles. The van der Waals surface area contributed by atoms with E-state index in [1.807, 2.05) is 29.2 Å². The number of carbonyl (C=O) groups excluding carboxylic acids is 1. The minimum absolute atomic E-state index is 0.0612. The fraction of sp³-hybridized carbons (Fsp3) is 0.478. The Labute approximate surface area is 186 Å². The molecule has 2 aliphatic rings. The number of rotatable bonds is 4. The first-order valence-corrected chi connectivity index (χ1v) is 11.4. The number of aromatic amines is 1. The van der Waals surface area contributed by atoms with Gasteiger partial charge in [0.25, 0.3) is 5.91 Å². The highest BCUT2D eigenvalue weighted by Gasteiger charge is 2.22. The smallest absolute Gasteiger partial charge is 0.327 e. The molecule has 168 valence electrons. The van der Waals surface area contributed by atoms with Gasteiger partial charge in [-0.15, -0.1) is 0 Å². The molecule has 0 spiro atoms. The van der Waals surface area contributed by atoms with Crippen LogP contribution in [0.15, 0.2) is 35.3 Å². The van der Waals surface area contributed by atoms with Gasteiger partial charge in [0.05, 0.1) is 6.20 Å². The number of imidazole rings is 1. The summed E-state index contributed by atoms with van der Waals surface area (Å²) in [6.07, 6.45) is 7.16. The number of nitrogens with zero attached hydrogens (tertiary/aromatic N) is 5. The average molecular weight is 436 g/mol. The van der Waals surface area contributed by atoms with Crippen molar-refractivity contribution in [1.29, 1.82) is 0 Å². The lowest BCUT2D eigenvalue weighted by molar-refractivity contribution is 0.0664. The molecule has 2 N–H and O–H groups in total. The van der Waals surface area contributed by atoms with Crippen LogP contribution in [0.2, 0.25) is 0 Å². The van der Waals surface area contributed by atoms with Crippen LogP contribution in [0.4, 0.5) is 11.6 Å². The summed E-state index contributed by atoms with van der Waals surface area (Å²) in [7, 11) is 2.07. The highest BCUT2D eigenvalue weighted by molar-refractivity contribution is 5.94. The van der Waals surface area contributed by atoms with Crippen LogP contribution in [0.3, 0.4) is 0 Å². The zero-order chi connectivity index (χ0) is 22.1. The van der Waals surface area contributed by atoms with Crippen LogP contribution in [-0.4, -0.2) is 68.5 Å². The first kappa shape index (κ1) is 20.7. The third kappa shape index (κ3) is 4.12. The lowest BCUT2D eigenvalue weighted by atomic mass is 9.95. The average Bonchev–Trinajstić information content (AvgIpc) is 3.15. The van der Waals surface area contributed by atoms with Gasteiger partial charge in [-0.1, -0.05) is 19.3 Å². The fourth-order valence-electron chi connectivity index (χ4n) is 4.67. The summed E-state index contributed by atoms with van der Waals surface area (Å²) in [6.45, 7) is 3.30. The predicted molar refractivity (Wildman–Crippen MR) is 123 cm³/mol. The van der Waals surface area contributed by atoms with Crippen LogP contribution in [0.25, 0.3) is 11.2 Å². The van der Waals surface area contributed by atoms with Crippen LogP contribution < -0.4 is 11.0 Å². The zero-order valence-electron chi connectivity index (χ0n) is 18.4. The van der Waals surface area contributed by atoms with E-state index >= 15 is 0 Å². The predicted octanol–water partition coefficient (Wildman–Crippen LogP) is 2.76. The summed E-state index contributed by atoms with van der Waals surface area (Å²) in [5, 5.41) is 3.20. The van der Waals surface area contributed by atoms with Crippen molar-refractivity contribution in [3.05, 3.63) is 46.5 Å². The first-order chi connectivity index (χ1) is 15.6. The molecule has 9 heteroatoms. The van der Waals surface area contributed by atoms with Crippen molar-refractivity contribution < 1.29 is 4.79 Å². The van der Waals surface area contributed by atoms with Gasteiger partial charge in [0.2, 0.25) is 5.95 Å². The van der Waals surface area contributed by atoms with Gasteiger partial charge in [0.15, 0.2) is 5.65 Å². The fourth-order valence-corrected chi connectivity index (χ4v) is 4.67. The topological polar surface area (TPSA) is 99.1 Å². The van der Waals surface area contributed by atoms with E-state index < -0.39 is 0 Å². The molecule has 9 nitrogen and oxygen atoms in total. The molecule has 5 rings (SSSR count). The number of anilines is 2. The third-order valence-corrected chi connectivity index (χ3v) is 6.58. The van der Waals surface area contributed by atoms with Gasteiger partial charge in [-0.25, -0.2) is 9.78 Å². The number of aromatic nitrogens is 4. The second-order valence-electron chi connectivity index (χ2n) is 8.82. The minimum atomic E-state index is -0.120. The zero-order valence-corrected chi connectivity index (χ0v) is 18.4. The standard InChI is InChI=1S/C23H29N7O2/c1-28-11-13-29(14-12-28)21(31)16-7-9-17(10-8-16)25-22-24-15-19-20(27-22)30(23(32)26-19)18-5-3-2-4-6-18/h7-10,15,18H,2-6,11-14H2,1H3,(H,26,32)(H,24,25,27). The molecule has 0 radical (unpaired) electrons. The van der Waals surface area contributed by atoms with Gasteiger partial charge >= 0.3 is 5.69 Å². The van der Waals surface area contributed by atoms with Crippen molar-refractivity contribution in [2.75, 3.05) is 38.5 Å². The van der Waals surface area contributed by atoms with Crippen molar-refractivity contribution >= 4 is 28.7 Å². The van der Waals surface area contributed by atoms with Gasteiger partial charge in [0, 0.05) is 43.5 Å². The van der Waals surface area contributed by atoms with E-state index in [1.165, 1.54) is 6.42 Å². The molecular formula is C23H29N7O2. The second kappa shape index (κ2) is 8.74. The summed E-state index contributed by atoms with van der Waals surface area (Å²) in [5.74, 6) is 0.491. The van der Waals surface area contributed by atoms with E-state index in [0.29, 0.717) is 22.7 Å². The Hall–Kier alpha value is -3.20. The number of amides is 1. The van der Waals surface area contributed by atoms with E-state index in [2.05, 4.69) is 32.2 Å². The molecule has 1 aliphatic carbocycles. The molecule has 2 aromatic heterocycles. The molecule has 1 saturated heterocycles. The highest BCUT2D eigenvalue weighted by atomic mass is 16.2. The van der Waals surface area contributed by atoms with Crippen molar-refractivity contribution in [1.82, 2.24) is 29.3 Å². The van der Waals surface area contributed by atoms with Crippen LogP contribution in [0, 0.1) is 0 Å². The van der Waals surface area contributed by atoms with E-state index in [-0.39, 0.29) is 17.6 Å². The maximum absolute atomic E-state index is 12.7. The van der Waals surface area contributed by atoms with Gasteiger partial charge in [0.1, 0.15) is 5.52 Å². The summed E-state index contributed by atoms with van der Waals surface area (Å²) in [6, 6.07) is 7.57. The molecule has 0 bridgehead atoms. The largest absolute Gasteiger partial charge is 0.336 e. The summed E-state index contributed by atoms with van der Waals surface area (Å²) in [5.41, 5.74) is 2.64. The lowest BCUT2D eigenvalue weighted by Crippen LogP contribution is -2.47. The minimum Gasteiger partial charge on any atom is -0.336 e. The molecule has 3 heterocycles. The van der Waals surface area contributed by atoms with E-state index in [9.17, 15) is 9.59 Å². The molecule has 0 unspecified atom stereocenters. The van der Waals surface area contributed by atoms with Gasteiger partial charge in [-0.3, -0.25) is 9.36 Å². The van der Waals surface area contributed by atoms with E-state index in [0.717, 1.165) is 57.5 Å². The van der Waals surface area contributed by atoms with Crippen molar-refractivity contribution in [3.8, 4) is 0 Å². The van der Waals surface area contributed by atoms with Crippen LogP contribution in [0.1, 0.15) is 48.5 Å². The molecule has 1 aromatic carbocycles. The number of hydrogen-bond acceptors (Lipinski definition) is 6. The number of hydrogen-bond donors (Lipinski definition) is 2. The molecule has 0 atom stereocenters. The number of carbonyl (C=O) groups is 1. The Morgan fingerprint density at radius 2 is 1.78 bits per heavy atom. The van der Waals surface area contributed by atoms with Gasteiger partial charge in [-0.05, 0) is 44.2 Å². The van der Waals surface area contributed by atoms with Gasteiger partial charge in [-0.2, -0.15) is 4.98 Å². The monoisotopic (exact) mass is 435 g/mol. The van der Waals surface area contributed by atoms with Crippen molar-refractivity contribution in [2.45, 2.75) is 38.1 Å². The number of piperazine rings is 1. The second-order valence-corrected chi connectivity index (χ2v) is 8.82. The molecule has 32 heavy (non-hydrogen) atoms. The Kier molecular flexibility index (Phi) is 5.65.